The van der Waals surface area contributed by atoms with Gasteiger partial charge in [-0.25, -0.2) is 0 Å². The standard InChI is InChI=1S/C40H43O11PS/c1-44-29-13-25(14-30(21-29)45-2)39(26-15-31(46-3)22-32(16-26)47-4)52(37-11-9-10-12-38(37)53(41,42)43)40(27-17-33(48-5)23-34(18-27)49-6)28-19-35(50-7)24-36(20-28)51-8/h9-24,39-40H,1-8H3,(H,41,42,43). The van der Waals surface area contributed by atoms with Gasteiger partial charge in [0.2, 0.25) is 0 Å². The highest BCUT2D eigenvalue weighted by molar-refractivity contribution is 7.86. The number of ether oxygens (including phenoxy) is 8. The fraction of sp³-hybridized carbons (Fsp3) is 0.250. The van der Waals surface area contributed by atoms with Gasteiger partial charge < -0.3 is 37.9 Å². The van der Waals surface area contributed by atoms with Crippen molar-refractivity contribution in [2.45, 2.75) is 16.2 Å². The van der Waals surface area contributed by atoms with Gasteiger partial charge in [-0.05, 0) is 90.1 Å². The van der Waals surface area contributed by atoms with Crippen LogP contribution in [-0.2, 0) is 10.1 Å². The zero-order chi connectivity index (χ0) is 38.3. The van der Waals surface area contributed by atoms with Crippen LogP contribution in [0.25, 0.3) is 0 Å². The maximum atomic E-state index is 13.4. The first-order valence-corrected chi connectivity index (χ1v) is 19.2. The Balaban J connectivity index is 2.05. The number of hydrogen-bond donors (Lipinski definition) is 1. The molecule has 0 atom stereocenters. The lowest BCUT2D eigenvalue weighted by Gasteiger charge is -2.37. The molecule has 0 saturated heterocycles. The van der Waals surface area contributed by atoms with Crippen LogP contribution in [0.2, 0.25) is 0 Å². The number of hydrogen-bond acceptors (Lipinski definition) is 10. The van der Waals surface area contributed by atoms with E-state index in [2.05, 4.69) is 0 Å². The number of methoxy groups -OCH3 is 8. The lowest BCUT2D eigenvalue weighted by atomic mass is 10.0. The summed E-state index contributed by atoms with van der Waals surface area (Å²) in [6.45, 7) is 0. The van der Waals surface area contributed by atoms with Gasteiger partial charge in [-0.2, -0.15) is 8.42 Å². The van der Waals surface area contributed by atoms with E-state index in [0.717, 1.165) is 22.3 Å². The Bertz CT molecular complexity index is 1840. The second kappa shape index (κ2) is 17.1. The van der Waals surface area contributed by atoms with Gasteiger partial charge in [0.1, 0.15) is 50.9 Å². The van der Waals surface area contributed by atoms with Crippen LogP contribution in [0.15, 0.2) is 102 Å². The van der Waals surface area contributed by atoms with Gasteiger partial charge in [-0.15, -0.1) is 0 Å². The zero-order valence-corrected chi connectivity index (χ0v) is 32.5. The van der Waals surface area contributed by atoms with Crippen LogP contribution in [0.3, 0.4) is 0 Å². The van der Waals surface area contributed by atoms with Crippen molar-refractivity contribution in [3.63, 3.8) is 0 Å². The summed E-state index contributed by atoms with van der Waals surface area (Å²) in [4.78, 5) is -0.240. The van der Waals surface area contributed by atoms with E-state index in [1.54, 1.807) is 99.3 Å². The molecule has 5 rings (SSSR count). The predicted molar refractivity (Wildman–Crippen MR) is 205 cm³/mol. The Labute approximate surface area is 311 Å². The molecule has 0 aliphatic heterocycles. The van der Waals surface area contributed by atoms with Crippen LogP contribution in [-0.4, -0.2) is 69.8 Å². The summed E-state index contributed by atoms with van der Waals surface area (Å²) in [5.74, 6) is 4.11. The first kappa shape index (κ1) is 39.1. The summed E-state index contributed by atoms with van der Waals surface area (Å²) in [6.07, 6.45) is 0. The van der Waals surface area contributed by atoms with Gasteiger partial charge in [0.05, 0.1) is 56.9 Å². The van der Waals surface area contributed by atoms with Crippen LogP contribution < -0.4 is 43.2 Å². The third kappa shape index (κ3) is 8.73. The Morgan fingerprint density at radius 2 is 0.679 bits per heavy atom. The summed E-state index contributed by atoms with van der Waals surface area (Å²) < 4.78 is 83.7. The Morgan fingerprint density at radius 1 is 0.434 bits per heavy atom. The molecule has 0 aliphatic rings. The maximum absolute atomic E-state index is 13.4. The third-order valence-corrected chi connectivity index (χ3v) is 13.1. The predicted octanol–water partition coefficient (Wildman–Crippen LogP) is 7.69. The summed E-state index contributed by atoms with van der Waals surface area (Å²) in [6, 6.07) is 28.6. The molecule has 1 N–H and O–H groups in total. The second-order valence-corrected chi connectivity index (χ2v) is 15.5. The van der Waals surface area contributed by atoms with Crippen molar-refractivity contribution in [1.29, 1.82) is 0 Å². The van der Waals surface area contributed by atoms with Crippen molar-refractivity contribution in [2.75, 3.05) is 56.9 Å². The molecule has 0 heterocycles. The lowest BCUT2D eigenvalue weighted by molar-refractivity contribution is 0.392. The molecule has 53 heavy (non-hydrogen) atoms. The maximum Gasteiger partial charge on any atom is 0.295 e. The van der Waals surface area contributed by atoms with Crippen LogP contribution in [0, 0.1) is 0 Å². The number of benzene rings is 5. The highest BCUT2D eigenvalue weighted by atomic mass is 32.2. The van der Waals surface area contributed by atoms with Crippen molar-refractivity contribution < 1.29 is 50.9 Å². The lowest BCUT2D eigenvalue weighted by Crippen LogP contribution is -2.21. The van der Waals surface area contributed by atoms with Crippen molar-refractivity contribution in [2.24, 2.45) is 0 Å². The molecule has 280 valence electrons. The molecule has 0 spiro atoms. The van der Waals surface area contributed by atoms with E-state index in [0.29, 0.717) is 51.3 Å². The van der Waals surface area contributed by atoms with E-state index in [1.807, 2.05) is 48.5 Å². The molecule has 0 aliphatic carbocycles. The van der Waals surface area contributed by atoms with Gasteiger partial charge >= 0.3 is 0 Å². The Kier molecular flexibility index (Phi) is 12.6. The topological polar surface area (TPSA) is 128 Å². The van der Waals surface area contributed by atoms with Crippen LogP contribution >= 0.6 is 7.92 Å². The van der Waals surface area contributed by atoms with Crippen molar-refractivity contribution in [3.8, 4) is 46.0 Å². The molecular weight excluding hydrogens is 719 g/mol. The highest BCUT2D eigenvalue weighted by Gasteiger charge is 2.39. The molecule has 0 fully saturated rings. The average molecular weight is 763 g/mol. The van der Waals surface area contributed by atoms with Crippen molar-refractivity contribution in [1.82, 2.24) is 0 Å². The van der Waals surface area contributed by atoms with E-state index >= 15 is 0 Å². The molecule has 5 aromatic rings. The average Bonchev–Trinajstić information content (AvgIpc) is 3.19. The van der Waals surface area contributed by atoms with Crippen molar-refractivity contribution >= 4 is 23.3 Å². The fourth-order valence-corrected chi connectivity index (χ4v) is 10.9. The molecule has 0 radical (unpaired) electrons. The van der Waals surface area contributed by atoms with E-state index in [1.165, 1.54) is 6.07 Å². The fourth-order valence-electron chi connectivity index (χ4n) is 6.29. The molecule has 0 saturated carbocycles. The van der Waals surface area contributed by atoms with Gasteiger partial charge in [0.15, 0.2) is 0 Å². The van der Waals surface area contributed by atoms with Crippen LogP contribution in [0.4, 0.5) is 0 Å². The van der Waals surface area contributed by atoms with Gasteiger partial charge in [-0.1, -0.05) is 18.2 Å². The quantitative estimate of drug-likeness (QED) is 0.0785. The molecular formula is C40H43O11PS. The minimum absolute atomic E-state index is 0.240. The molecule has 11 nitrogen and oxygen atoms in total. The van der Waals surface area contributed by atoms with Crippen LogP contribution in [0.5, 0.6) is 46.0 Å². The summed E-state index contributed by atoms with van der Waals surface area (Å²) in [7, 11) is 5.84. The summed E-state index contributed by atoms with van der Waals surface area (Å²) in [5.41, 5.74) is 1.59. The monoisotopic (exact) mass is 762 g/mol. The normalized spacial score (nSPS) is 11.4. The minimum Gasteiger partial charge on any atom is -0.497 e. The molecule has 0 bridgehead atoms. The summed E-state index contributed by atoms with van der Waals surface area (Å²) in [5, 5.41) is 0.382. The number of rotatable bonds is 16. The van der Waals surface area contributed by atoms with E-state index in [4.69, 9.17) is 37.9 Å². The Hall–Kier alpha value is -5.16. The Morgan fingerprint density at radius 3 is 0.906 bits per heavy atom. The van der Waals surface area contributed by atoms with E-state index in [-0.39, 0.29) is 4.90 Å². The first-order valence-electron chi connectivity index (χ1n) is 16.3. The SMILES string of the molecule is COc1cc(OC)cc(C(c2cc(OC)cc(OC)c2)P(c2ccccc2S(=O)(=O)O)C(c2cc(OC)cc(OC)c2)c2cc(OC)cc(OC)c2)c1. The molecule has 5 aromatic carbocycles. The second-order valence-electron chi connectivity index (χ2n) is 11.7. The van der Waals surface area contributed by atoms with Gasteiger partial charge in [-0.3, -0.25) is 4.55 Å². The smallest absolute Gasteiger partial charge is 0.295 e. The largest absolute Gasteiger partial charge is 0.497 e. The first-order chi connectivity index (χ1) is 25.5. The van der Waals surface area contributed by atoms with E-state index in [9.17, 15) is 13.0 Å². The van der Waals surface area contributed by atoms with E-state index < -0.39 is 29.4 Å². The third-order valence-electron chi connectivity index (χ3n) is 8.74. The molecule has 0 amide bonds. The van der Waals surface area contributed by atoms with Gasteiger partial charge in [0, 0.05) is 35.6 Å². The highest BCUT2D eigenvalue weighted by Crippen LogP contribution is 2.67. The van der Waals surface area contributed by atoms with Crippen molar-refractivity contribution in [3.05, 3.63) is 119 Å². The zero-order valence-electron chi connectivity index (χ0n) is 30.8. The van der Waals surface area contributed by atoms with Gasteiger partial charge in [0.25, 0.3) is 10.1 Å². The minimum atomic E-state index is -4.76. The molecule has 0 unspecified atom stereocenters. The van der Waals surface area contributed by atoms with Crippen LogP contribution in [0.1, 0.15) is 33.6 Å². The summed E-state index contributed by atoms with van der Waals surface area (Å²) >= 11 is 0. The molecule has 13 heteroatoms. The molecule has 0 aromatic heterocycles.